The van der Waals surface area contributed by atoms with E-state index in [0.717, 1.165) is 11.3 Å². The minimum Gasteiger partial charge on any atom is -0.487 e. The third kappa shape index (κ3) is 4.82. The van der Waals surface area contributed by atoms with Gasteiger partial charge in [-0.1, -0.05) is 12.1 Å². The minimum atomic E-state index is -0.411. The highest BCUT2D eigenvalue weighted by Crippen LogP contribution is 2.12. The van der Waals surface area contributed by atoms with Gasteiger partial charge in [0.05, 0.1) is 17.9 Å². The summed E-state index contributed by atoms with van der Waals surface area (Å²) in [6, 6.07) is 9.41. The lowest BCUT2D eigenvalue weighted by Crippen LogP contribution is -2.38. The lowest BCUT2D eigenvalue weighted by atomic mass is 10.2. The van der Waals surface area contributed by atoms with Crippen molar-refractivity contribution in [3.05, 3.63) is 59.7 Å². The number of pyridine rings is 1. The number of rotatable bonds is 7. The van der Waals surface area contributed by atoms with E-state index >= 15 is 0 Å². The lowest BCUT2D eigenvalue weighted by molar-refractivity contribution is -0.119. The maximum atomic E-state index is 13.0. The van der Waals surface area contributed by atoms with Crippen LogP contribution in [0.1, 0.15) is 18.2 Å². The molecule has 1 atom stereocenters. The molecule has 5 nitrogen and oxygen atoms in total. The maximum Gasteiger partial charge on any atom is 0.234 e. The molecular formula is C16H18FN3O2. The Bertz CT molecular complexity index is 632. The highest BCUT2D eigenvalue weighted by atomic mass is 19.1. The second kappa shape index (κ2) is 7.51. The Labute approximate surface area is 128 Å². The zero-order valence-electron chi connectivity index (χ0n) is 12.3. The second-order valence-electron chi connectivity index (χ2n) is 4.91. The van der Waals surface area contributed by atoms with Gasteiger partial charge in [0.25, 0.3) is 0 Å². The molecule has 0 aliphatic rings. The number of hydrogen-bond donors (Lipinski definition) is 2. The standard InChI is InChI=1S/C16H18FN3O2/c1-11(16(18)21)19-8-14-5-6-15(9-20-14)22-10-12-3-2-4-13(17)7-12/h2-7,9,11,19H,8,10H2,1H3,(H2,18,21)/t11-/m0/s1. The number of amides is 1. The molecule has 0 saturated heterocycles. The van der Waals surface area contributed by atoms with E-state index in [1.807, 2.05) is 0 Å². The molecule has 1 amide bonds. The van der Waals surface area contributed by atoms with Crippen molar-refractivity contribution in [2.24, 2.45) is 5.73 Å². The van der Waals surface area contributed by atoms with Crippen LogP contribution < -0.4 is 15.8 Å². The molecule has 2 rings (SSSR count). The molecule has 0 spiro atoms. The average Bonchev–Trinajstić information content (AvgIpc) is 2.51. The van der Waals surface area contributed by atoms with Crippen LogP contribution in [0.3, 0.4) is 0 Å². The maximum absolute atomic E-state index is 13.0. The van der Waals surface area contributed by atoms with Gasteiger partial charge in [-0.15, -0.1) is 0 Å². The van der Waals surface area contributed by atoms with Crippen LogP contribution in [0.4, 0.5) is 4.39 Å². The Kier molecular flexibility index (Phi) is 5.43. The molecule has 2 aromatic rings. The zero-order chi connectivity index (χ0) is 15.9. The molecule has 0 aliphatic heterocycles. The number of carbonyl (C=O) groups is 1. The molecule has 1 heterocycles. The minimum absolute atomic E-state index is 0.274. The van der Waals surface area contributed by atoms with Gasteiger partial charge in [0.2, 0.25) is 5.91 Å². The predicted molar refractivity (Wildman–Crippen MR) is 80.5 cm³/mol. The first-order valence-corrected chi connectivity index (χ1v) is 6.89. The van der Waals surface area contributed by atoms with Gasteiger partial charge in [0, 0.05) is 6.54 Å². The summed E-state index contributed by atoms with van der Waals surface area (Å²) in [5.41, 5.74) is 6.68. The topological polar surface area (TPSA) is 77.2 Å². The summed E-state index contributed by atoms with van der Waals surface area (Å²) in [6.07, 6.45) is 1.59. The monoisotopic (exact) mass is 303 g/mol. The first kappa shape index (κ1) is 15.9. The number of benzene rings is 1. The summed E-state index contributed by atoms with van der Waals surface area (Å²) in [6.45, 7) is 2.41. The summed E-state index contributed by atoms with van der Waals surface area (Å²) in [5, 5.41) is 2.96. The van der Waals surface area contributed by atoms with Gasteiger partial charge >= 0.3 is 0 Å². The molecule has 6 heteroatoms. The quantitative estimate of drug-likeness (QED) is 0.817. The molecule has 1 aromatic carbocycles. The Morgan fingerprint density at radius 3 is 2.86 bits per heavy atom. The third-order valence-electron chi connectivity index (χ3n) is 3.11. The van der Waals surface area contributed by atoms with Crippen LogP contribution in [-0.2, 0) is 17.9 Å². The summed E-state index contributed by atoms with van der Waals surface area (Å²) < 4.78 is 18.6. The van der Waals surface area contributed by atoms with E-state index < -0.39 is 11.9 Å². The fourth-order valence-electron chi connectivity index (χ4n) is 1.75. The molecule has 116 valence electrons. The van der Waals surface area contributed by atoms with Gasteiger partial charge < -0.3 is 15.8 Å². The van der Waals surface area contributed by atoms with Crippen LogP contribution in [-0.4, -0.2) is 16.9 Å². The molecule has 3 N–H and O–H groups in total. The van der Waals surface area contributed by atoms with Crippen molar-refractivity contribution < 1.29 is 13.9 Å². The Balaban J connectivity index is 1.85. The Hall–Kier alpha value is -2.47. The van der Waals surface area contributed by atoms with Crippen LogP contribution in [0.25, 0.3) is 0 Å². The van der Waals surface area contributed by atoms with Gasteiger partial charge in [-0.25, -0.2) is 4.39 Å². The molecule has 0 saturated carbocycles. The molecule has 0 fully saturated rings. The highest BCUT2D eigenvalue weighted by molar-refractivity contribution is 5.79. The number of primary amides is 1. The molecule has 1 aromatic heterocycles. The molecule has 0 radical (unpaired) electrons. The number of carbonyl (C=O) groups excluding carboxylic acids is 1. The van der Waals surface area contributed by atoms with Gasteiger partial charge in [0.1, 0.15) is 18.2 Å². The number of halogens is 1. The fraction of sp³-hybridized carbons (Fsp3) is 0.250. The van der Waals surface area contributed by atoms with Crippen molar-refractivity contribution in [2.75, 3.05) is 0 Å². The first-order chi connectivity index (χ1) is 10.5. The van der Waals surface area contributed by atoms with E-state index in [1.54, 1.807) is 37.4 Å². The van der Waals surface area contributed by atoms with Crippen molar-refractivity contribution in [2.45, 2.75) is 26.1 Å². The van der Waals surface area contributed by atoms with Gasteiger partial charge in [-0.3, -0.25) is 9.78 Å². The van der Waals surface area contributed by atoms with E-state index in [0.29, 0.717) is 12.3 Å². The fourth-order valence-corrected chi connectivity index (χ4v) is 1.75. The Morgan fingerprint density at radius 2 is 2.23 bits per heavy atom. The third-order valence-corrected chi connectivity index (χ3v) is 3.11. The molecule has 0 bridgehead atoms. The summed E-state index contributed by atoms with van der Waals surface area (Å²) >= 11 is 0. The lowest BCUT2D eigenvalue weighted by Gasteiger charge is -2.10. The first-order valence-electron chi connectivity index (χ1n) is 6.89. The zero-order valence-corrected chi connectivity index (χ0v) is 12.3. The normalized spacial score (nSPS) is 11.9. The average molecular weight is 303 g/mol. The van der Waals surface area contributed by atoms with Crippen molar-refractivity contribution >= 4 is 5.91 Å². The largest absolute Gasteiger partial charge is 0.487 e. The number of aromatic nitrogens is 1. The second-order valence-corrected chi connectivity index (χ2v) is 4.91. The number of nitrogens with zero attached hydrogens (tertiary/aromatic N) is 1. The van der Waals surface area contributed by atoms with E-state index in [9.17, 15) is 9.18 Å². The van der Waals surface area contributed by atoms with Crippen LogP contribution >= 0.6 is 0 Å². The van der Waals surface area contributed by atoms with Crippen molar-refractivity contribution in [1.29, 1.82) is 0 Å². The van der Waals surface area contributed by atoms with Gasteiger partial charge in [0.15, 0.2) is 0 Å². The SMILES string of the molecule is C[C@H](NCc1ccc(OCc2cccc(F)c2)cn1)C(N)=O. The number of ether oxygens (including phenoxy) is 1. The number of hydrogen-bond acceptors (Lipinski definition) is 4. The molecular weight excluding hydrogens is 285 g/mol. The molecule has 0 unspecified atom stereocenters. The summed E-state index contributed by atoms with van der Waals surface area (Å²) in [4.78, 5) is 15.1. The van der Waals surface area contributed by atoms with E-state index in [2.05, 4.69) is 10.3 Å². The van der Waals surface area contributed by atoms with Crippen LogP contribution in [0.15, 0.2) is 42.6 Å². The molecule has 0 aliphatic carbocycles. The van der Waals surface area contributed by atoms with Crippen LogP contribution in [0.5, 0.6) is 5.75 Å². The van der Waals surface area contributed by atoms with E-state index in [1.165, 1.54) is 12.1 Å². The number of nitrogens with one attached hydrogen (secondary N) is 1. The van der Waals surface area contributed by atoms with Crippen molar-refractivity contribution in [1.82, 2.24) is 10.3 Å². The van der Waals surface area contributed by atoms with Gasteiger partial charge in [-0.2, -0.15) is 0 Å². The molecule has 22 heavy (non-hydrogen) atoms. The number of nitrogens with two attached hydrogens (primary N) is 1. The van der Waals surface area contributed by atoms with E-state index in [4.69, 9.17) is 10.5 Å². The van der Waals surface area contributed by atoms with E-state index in [-0.39, 0.29) is 12.4 Å². The van der Waals surface area contributed by atoms with Crippen molar-refractivity contribution in [3.63, 3.8) is 0 Å². The van der Waals surface area contributed by atoms with Crippen molar-refractivity contribution in [3.8, 4) is 5.75 Å². The summed E-state index contributed by atoms with van der Waals surface area (Å²) in [7, 11) is 0. The van der Waals surface area contributed by atoms with Crippen LogP contribution in [0.2, 0.25) is 0 Å². The predicted octanol–water partition coefficient (Wildman–Crippen LogP) is 1.76. The highest BCUT2D eigenvalue weighted by Gasteiger charge is 2.07. The van der Waals surface area contributed by atoms with Gasteiger partial charge in [-0.05, 0) is 36.8 Å². The summed E-state index contributed by atoms with van der Waals surface area (Å²) in [5.74, 6) is -0.102. The van der Waals surface area contributed by atoms with Crippen LogP contribution in [0, 0.1) is 5.82 Å². The Morgan fingerprint density at radius 1 is 1.41 bits per heavy atom. The smallest absolute Gasteiger partial charge is 0.234 e.